The Morgan fingerprint density at radius 1 is 1.26 bits per heavy atom. The Morgan fingerprint density at radius 3 is 2.70 bits per heavy atom. The summed E-state index contributed by atoms with van der Waals surface area (Å²) in [5, 5.41) is 5.97. The lowest BCUT2D eigenvalue weighted by Gasteiger charge is -2.26. The van der Waals surface area contributed by atoms with Gasteiger partial charge in [-0.2, -0.15) is 11.8 Å². The van der Waals surface area contributed by atoms with Crippen LogP contribution in [-0.2, 0) is 4.79 Å². The SMILES string of the molecule is CCCNC(=O)CNc1cc(C(=O)N2CCSCC2)ccc1C. The van der Waals surface area contributed by atoms with E-state index >= 15 is 0 Å². The second-order valence-electron chi connectivity index (χ2n) is 5.64. The zero-order valence-corrected chi connectivity index (χ0v) is 14.7. The largest absolute Gasteiger partial charge is 0.376 e. The minimum absolute atomic E-state index is 0.0314. The van der Waals surface area contributed by atoms with Gasteiger partial charge in [0.1, 0.15) is 0 Å². The minimum Gasteiger partial charge on any atom is -0.376 e. The Kier molecular flexibility index (Phi) is 6.77. The van der Waals surface area contributed by atoms with E-state index in [-0.39, 0.29) is 18.4 Å². The van der Waals surface area contributed by atoms with Crippen molar-refractivity contribution in [1.29, 1.82) is 0 Å². The third-order valence-electron chi connectivity index (χ3n) is 3.79. The van der Waals surface area contributed by atoms with Gasteiger partial charge in [0.2, 0.25) is 5.91 Å². The molecule has 1 heterocycles. The Labute approximate surface area is 142 Å². The van der Waals surface area contributed by atoms with Gasteiger partial charge in [-0.1, -0.05) is 13.0 Å². The van der Waals surface area contributed by atoms with Crippen molar-refractivity contribution in [2.75, 3.05) is 43.0 Å². The van der Waals surface area contributed by atoms with Crippen LogP contribution in [-0.4, -0.2) is 54.4 Å². The number of rotatable bonds is 6. The van der Waals surface area contributed by atoms with E-state index in [1.807, 2.05) is 48.7 Å². The first-order valence-corrected chi connectivity index (χ1v) is 9.25. The maximum Gasteiger partial charge on any atom is 0.253 e. The van der Waals surface area contributed by atoms with E-state index < -0.39 is 0 Å². The van der Waals surface area contributed by atoms with Crippen LogP contribution in [0, 0.1) is 6.92 Å². The van der Waals surface area contributed by atoms with Crippen molar-refractivity contribution < 1.29 is 9.59 Å². The highest BCUT2D eigenvalue weighted by Gasteiger charge is 2.19. The monoisotopic (exact) mass is 335 g/mol. The molecule has 2 amide bonds. The summed E-state index contributed by atoms with van der Waals surface area (Å²) >= 11 is 1.88. The molecule has 0 aromatic heterocycles. The average molecular weight is 335 g/mol. The number of nitrogens with zero attached hydrogens (tertiary/aromatic N) is 1. The highest BCUT2D eigenvalue weighted by Crippen LogP contribution is 2.19. The molecule has 126 valence electrons. The molecule has 5 nitrogen and oxygen atoms in total. The highest BCUT2D eigenvalue weighted by molar-refractivity contribution is 7.99. The van der Waals surface area contributed by atoms with Gasteiger partial charge >= 0.3 is 0 Å². The molecular formula is C17H25N3O2S. The average Bonchev–Trinajstić information content (AvgIpc) is 2.59. The van der Waals surface area contributed by atoms with Crippen molar-refractivity contribution in [3.05, 3.63) is 29.3 Å². The van der Waals surface area contributed by atoms with Gasteiger partial charge in [-0.25, -0.2) is 0 Å². The van der Waals surface area contributed by atoms with Crippen LogP contribution in [0.15, 0.2) is 18.2 Å². The molecule has 1 aromatic carbocycles. The van der Waals surface area contributed by atoms with Crippen LogP contribution >= 0.6 is 11.8 Å². The molecule has 1 aliphatic rings. The fraction of sp³-hybridized carbons (Fsp3) is 0.529. The van der Waals surface area contributed by atoms with Crippen molar-refractivity contribution in [3.63, 3.8) is 0 Å². The first-order chi connectivity index (χ1) is 11.1. The number of aryl methyl sites for hydroxylation is 1. The number of carbonyl (C=O) groups excluding carboxylic acids is 2. The van der Waals surface area contributed by atoms with Crippen LogP contribution in [0.4, 0.5) is 5.69 Å². The summed E-state index contributed by atoms with van der Waals surface area (Å²) in [6.07, 6.45) is 0.920. The zero-order valence-electron chi connectivity index (χ0n) is 13.9. The van der Waals surface area contributed by atoms with Crippen molar-refractivity contribution in [1.82, 2.24) is 10.2 Å². The first kappa shape index (κ1) is 17.7. The van der Waals surface area contributed by atoms with Gasteiger partial charge in [-0.05, 0) is 31.0 Å². The van der Waals surface area contributed by atoms with Crippen molar-refractivity contribution >= 4 is 29.3 Å². The van der Waals surface area contributed by atoms with Gasteiger partial charge < -0.3 is 15.5 Å². The number of nitrogens with one attached hydrogen (secondary N) is 2. The molecule has 2 rings (SSSR count). The van der Waals surface area contributed by atoms with Crippen molar-refractivity contribution in [2.24, 2.45) is 0 Å². The molecule has 23 heavy (non-hydrogen) atoms. The van der Waals surface area contributed by atoms with E-state index in [1.54, 1.807) is 0 Å². The third-order valence-corrected chi connectivity index (χ3v) is 4.74. The van der Waals surface area contributed by atoms with Crippen LogP contribution in [0.5, 0.6) is 0 Å². The molecule has 6 heteroatoms. The quantitative estimate of drug-likeness (QED) is 0.836. The molecule has 0 unspecified atom stereocenters. The fourth-order valence-electron chi connectivity index (χ4n) is 2.40. The molecule has 0 bridgehead atoms. The minimum atomic E-state index is -0.0314. The summed E-state index contributed by atoms with van der Waals surface area (Å²) in [5.74, 6) is 2.04. The summed E-state index contributed by atoms with van der Waals surface area (Å²) in [5.41, 5.74) is 2.55. The van der Waals surface area contributed by atoms with Gasteiger partial charge in [0.05, 0.1) is 6.54 Å². The zero-order chi connectivity index (χ0) is 16.7. The number of benzene rings is 1. The third kappa shape index (κ3) is 5.16. The number of thioether (sulfide) groups is 1. The molecular weight excluding hydrogens is 310 g/mol. The summed E-state index contributed by atoms with van der Waals surface area (Å²) in [6.45, 7) is 6.51. The Balaban J connectivity index is 2.00. The molecule has 2 N–H and O–H groups in total. The molecule has 0 aliphatic carbocycles. The maximum atomic E-state index is 12.6. The molecule has 1 fully saturated rings. The number of hydrogen-bond donors (Lipinski definition) is 2. The normalized spacial score (nSPS) is 14.4. The number of carbonyl (C=O) groups is 2. The second kappa shape index (κ2) is 8.82. The Morgan fingerprint density at radius 2 is 2.00 bits per heavy atom. The molecule has 0 radical (unpaired) electrons. The Bertz CT molecular complexity index is 557. The van der Waals surface area contributed by atoms with Gasteiger partial charge in [0.15, 0.2) is 0 Å². The van der Waals surface area contributed by atoms with Gasteiger partial charge in [-0.15, -0.1) is 0 Å². The van der Waals surface area contributed by atoms with E-state index in [1.165, 1.54) is 0 Å². The molecule has 1 aromatic rings. The smallest absolute Gasteiger partial charge is 0.253 e. The number of hydrogen-bond acceptors (Lipinski definition) is 4. The van der Waals surface area contributed by atoms with Crippen molar-refractivity contribution in [3.8, 4) is 0 Å². The van der Waals surface area contributed by atoms with E-state index in [4.69, 9.17) is 0 Å². The highest BCUT2D eigenvalue weighted by atomic mass is 32.2. The maximum absolute atomic E-state index is 12.6. The second-order valence-corrected chi connectivity index (χ2v) is 6.86. The summed E-state index contributed by atoms with van der Waals surface area (Å²) in [6, 6.07) is 5.65. The van der Waals surface area contributed by atoms with Crippen LogP contribution in [0.3, 0.4) is 0 Å². The van der Waals surface area contributed by atoms with E-state index in [9.17, 15) is 9.59 Å². The summed E-state index contributed by atoms with van der Waals surface area (Å²) in [7, 11) is 0. The van der Waals surface area contributed by atoms with E-state index in [2.05, 4.69) is 10.6 Å². The lowest BCUT2D eigenvalue weighted by atomic mass is 10.1. The molecule has 0 spiro atoms. The molecule has 0 saturated carbocycles. The predicted molar refractivity (Wildman–Crippen MR) is 96.2 cm³/mol. The lowest BCUT2D eigenvalue weighted by molar-refractivity contribution is -0.119. The van der Waals surface area contributed by atoms with E-state index in [0.29, 0.717) is 12.1 Å². The molecule has 0 atom stereocenters. The fourth-order valence-corrected chi connectivity index (χ4v) is 3.30. The lowest BCUT2D eigenvalue weighted by Crippen LogP contribution is -2.37. The van der Waals surface area contributed by atoms with E-state index in [0.717, 1.165) is 42.3 Å². The van der Waals surface area contributed by atoms with Crippen LogP contribution < -0.4 is 10.6 Å². The number of anilines is 1. The standard InChI is InChI=1S/C17H25N3O2S/c1-3-6-18-16(21)12-19-15-11-14(5-4-13(15)2)17(22)20-7-9-23-10-8-20/h4-5,11,19H,3,6-10,12H2,1-2H3,(H,18,21). The van der Waals surface area contributed by atoms with Gasteiger partial charge in [0.25, 0.3) is 5.91 Å². The summed E-state index contributed by atoms with van der Waals surface area (Å²) in [4.78, 5) is 26.2. The van der Waals surface area contributed by atoms with Gasteiger partial charge in [0, 0.05) is 42.4 Å². The van der Waals surface area contributed by atoms with Crippen LogP contribution in [0.1, 0.15) is 29.3 Å². The topological polar surface area (TPSA) is 61.4 Å². The molecule has 1 saturated heterocycles. The molecule has 1 aliphatic heterocycles. The predicted octanol–water partition coefficient (Wildman–Crippen LogP) is 2.12. The summed E-state index contributed by atoms with van der Waals surface area (Å²) < 4.78 is 0. The first-order valence-electron chi connectivity index (χ1n) is 8.10. The van der Waals surface area contributed by atoms with Crippen LogP contribution in [0.25, 0.3) is 0 Å². The van der Waals surface area contributed by atoms with Crippen molar-refractivity contribution in [2.45, 2.75) is 20.3 Å². The van der Waals surface area contributed by atoms with Crippen LogP contribution in [0.2, 0.25) is 0 Å². The number of amides is 2. The van der Waals surface area contributed by atoms with Gasteiger partial charge in [-0.3, -0.25) is 9.59 Å². The Hall–Kier alpha value is -1.69.